The Balaban J connectivity index is 1.80. The van der Waals surface area contributed by atoms with Crippen molar-refractivity contribution in [1.29, 1.82) is 5.41 Å². The molecule has 1 unspecified atom stereocenters. The smallest absolute Gasteiger partial charge is 0.233 e. The fraction of sp³-hybridized carbons (Fsp3) is 0.267. The number of thiazole rings is 1. The molecule has 0 fully saturated rings. The van der Waals surface area contributed by atoms with Crippen LogP contribution in [0.5, 0.6) is 0 Å². The predicted octanol–water partition coefficient (Wildman–Crippen LogP) is 2.51. The zero-order valence-corrected chi connectivity index (χ0v) is 12.7. The quantitative estimate of drug-likeness (QED) is 0.516. The summed E-state index contributed by atoms with van der Waals surface area (Å²) >= 11 is 1.47. The molecule has 3 rings (SSSR count). The number of fused-ring (bicyclic) bond motifs is 1. The molecule has 7 heteroatoms. The van der Waals surface area contributed by atoms with E-state index in [1.165, 1.54) is 11.3 Å². The highest BCUT2D eigenvalue weighted by Crippen LogP contribution is 2.37. The number of amides is 1. The lowest BCUT2D eigenvalue weighted by molar-refractivity contribution is -0.117. The molecule has 0 spiro atoms. The number of para-hydroxylation sites is 1. The number of guanidine groups is 1. The fourth-order valence-electron chi connectivity index (χ4n) is 2.59. The van der Waals surface area contributed by atoms with Gasteiger partial charge in [0.25, 0.3) is 0 Å². The van der Waals surface area contributed by atoms with E-state index in [-0.39, 0.29) is 17.8 Å². The van der Waals surface area contributed by atoms with Crippen molar-refractivity contribution in [3.8, 4) is 0 Å². The maximum absolute atomic E-state index is 12.5. The van der Waals surface area contributed by atoms with Crippen LogP contribution < -0.4 is 16.4 Å². The molecule has 1 aromatic heterocycles. The first-order valence-corrected chi connectivity index (χ1v) is 7.91. The van der Waals surface area contributed by atoms with Gasteiger partial charge >= 0.3 is 0 Å². The van der Waals surface area contributed by atoms with Gasteiger partial charge in [-0.25, -0.2) is 4.98 Å². The molecule has 114 valence electrons. The van der Waals surface area contributed by atoms with Crippen LogP contribution in [0.3, 0.4) is 0 Å². The minimum absolute atomic E-state index is 0.0353. The third kappa shape index (κ3) is 3.09. The van der Waals surface area contributed by atoms with Crippen LogP contribution in [0, 0.1) is 5.41 Å². The number of nitrogens with zero attached hydrogens (tertiary/aromatic N) is 1. The maximum Gasteiger partial charge on any atom is 0.233 e. The van der Waals surface area contributed by atoms with Crippen LogP contribution in [0.2, 0.25) is 0 Å². The van der Waals surface area contributed by atoms with Gasteiger partial charge in [-0.15, -0.1) is 11.3 Å². The Hall–Kier alpha value is -2.41. The zero-order valence-electron chi connectivity index (χ0n) is 11.9. The maximum atomic E-state index is 12.5. The Morgan fingerprint density at radius 1 is 1.32 bits per heavy atom. The minimum Gasteiger partial charge on any atom is -0.370 e. The summed E-state index contributed by atoms with van der Waals surface area (Å²) in [4.78, 5) is 18.1. The van der Waals surface area contributed by atoms with Gasteiger partial charge in [-0.1, -0.05) is 18.2 Å². The standard InChI is InChI=1S/C15H17N5OS/c16-14(17)20-15-19-12-10(7-4-8-11(12)22-15)13(21)18-9-5-2-1-3-6-9/h1-3,5-6,10H,4,7-8H2,(H,18,21)(H4,16,17,19,20). The van der Waals surface area contributed by atoms with Crippen molar-refractivity contribution in [1.82, 2.24) is 4.98 Å². The number of aromatic nitrogens is 1. The highest BCUT2D eigenvalue weighted by Gasteiger charge is 2.30. The average Bonchev–Trinajstić information content (AvgIpc) is 2.89. The molecular weight excluding hydrogens is 298 g/mol. The van der Waals surface area contributed by atoms with Gasteiger partial charge in [0.2, 0.25) is 5.91 Å². The van der Waals surface area contributed by atoms with Crippen molar-refractivity contribution in [2.24, 2.45) is 5.73 Å². The van der Waals surface area contributed by atoms with Crippen LogP contribution in [0.4, 0.5) is 10.8 Å². The number of hydrogen-bond donors (Lipinski definition) is 4. The van der Waals surface area contributed by atoms with E-state index in [0.717, 1.165) is 35.5 Å². The lowest BCUT2D eigenvalue weighted by atomic mass is 9.90. The molecule has 1 atom stereocenters. The first-order chi connectivity index (χ1) is 10.6. The number of hydrogen-bond acceptors (Lipinski definition) is 4. The lowest BCUT2D eigenvalue weighted by Gasteiger charge is -2.20. The van der Waals surface area contributed by atoms with Gasteiger partial charge in [-0.2, -0.15) is 0 Å². The van der Waals surface area contributed by atoms with Gasteiger partial charge in [-0.05, 0) is 31.4 Å². The number of anilines is 2. The molecule has 1 amide bonds. The molecule has 5 N–H and O–H groups in total. The summed E-state index contributed by atoms with van der Waals surface area (Å²) in [5.74, 6) is -0.425. The van der Waals surface area contributed by atoms with Crippen molar-refractivity contribution < 1.29 is 4.79 Å². The monoisotopic (exact) mass is 315 g/mol. The van der Waals surface area contributed by atoms with Crippen molar-refractivity contribution >= 4 is 34.0 Å². The predicted molar refractivity (Wildman–Crippen MR) is 88.4 cm³/mol. The largest absolute Gasteiger partial charge is 0.370 e. The molecular formula is C15H17N5OS. The van der Waals surface area contributed by atoms with Crippen LogP contribution in [0.1, 0.15) is 29.3 Å². The van der Waals surface area contributed by atoms with Gasteiger partial charge in [0.1, 0.15) is 0 Å². The van der Waals surface area contributed by atoms with Crippen molar-refractivity contribution in [2.75, 3.05) is 10.6 Å². The molecule has 1 aliphatic rings. The Kier molecular flexibility index (Phi) is 4.06. The highest BCUT2D eigenvalue weighted by atomic mass is 32.1. The first kappa shape index (κ1) is 14.5. The van der Waals surface area contributed by atoms with Crippen LogP contribution in [-0.2, 0) is 11.2 Å². The molecule has 0 saturated heterocycles. The zero-order chi connectivity index (χ0) is 15.5. The molecule has 0 bridgehead atoms. The number of aryl methyl sites for hydroxylation is 1. The number of nitrogens with one attached hydrogen (secondary N) is 3. The lowest BCUT2D eigenvalue weighted by Crippen LogP contribution is -2.24. The van der Waals surface area contributed by atoms with E-state index in [4.69, 9.17) is 11.1 Å². The molecule has 6 nitrogen and oxygen atoms in total. The summed E-state index contributed by atoms with van der Waals surface area (Å²) in [6.45, 7) is 0. The SMILES string of the molecule is N=C(N)Nc1nc2c(s1)CCCC2C(=O)Nc1ccccc1. The van der Waals surface area contributed by atoms with Gasteiger partial charge in [0, 0.05) is 10.6 Å². The van der Waals surface area contributed by atoms with Crippen LogP contribution >= 0.6 is 11.3 Å². The second kappa shape index (κ2) is 6.15. The summed E-state index contributed by atoms with van der Waals surface area (Å²) in [5, 5.41) is 13.5. The van der Waals surface area contributed by atoms with E-state index in [2.05, 4.69) is 15.6 Å². The Labute approximate surface area is 132 Å². The summed E-state index contributed by atoms with van der Waals surface area (Å²) in [5.41, 5.74) is 6.94. The molecule has 0 aliphatic heterocycles. The second-order valence-electron chi connectivity index (χ2n) is 5.17. The van der Waals surface area contributed by atoms with E-state index < -0.39 is 0 Å². The minimum atomic E-state index is -0.247. The average molecular weight is 315 g/mol. The van der Waals surface area contributed by atoms with Gasteiger partial charge in [0.15, 0.2) is 11.1 Å². The fourth-order valence-corrected chi connectivity index (χ4v) is 3.67. The summed E-state index contributed by atoms with van der Waals surface area (Å²) in [6.07, 6.45) is 2.66. The molecule has 2 aromatic rings. The highest BCUT2D eigenvalue weighted by molar-refractivity contribution is 7.15. The number of nitrogens with two attached hydrogens (primary N) is 1. The summed E-state index contributed by atoms with van der Waals surface area (Å²) < 4.78 is 0. The van der Waals surface area contributed by atoms with Crippen LogP contribution in [0.25, 0.3) is 0 Å². The number of carbonyl (C=O) groups excluding carboxylic acids is 1. The van der Waals surface area contributed by atoms with Gasteiger partial charge in [-0.3, -0.25) is 10.2 Å². The van der Waals surface area contributed by atoms with Crippen molar-refractivity contribution in [3.05, 3.63) is 40.9 Å². The van der Waals surface area contributed by atoms with E-state index in [9.17, 15) is 4.79 Å². The second-order valence-corrected chi connectivity index (χ2v) is 6.25. The van der Waals surface area contributed by atoms with E-state index >= 15 is 0 Å². The van der Waals surface area contributed by atoms with Gasteiger partial charge < -0.3 is 16.4 Å². The molecule has 0 radical (unpaired) electrons. The Bertz CT molecular complexity index is 697. The van der Waals surface area contributed by atoms with Crippen LogP contribution in [-0.4, -0.2) is 16.9 Å². The third-order valence-electron chi connectivity index (χ3n) is 3.55. The normalized spacial score (nSPS) is 16.6. The molecule has 1 aliphatic carbocycles. The van der Waals surface area contributed by atoms with E-state index in [1.54, 1.807) is 0 Å². The van der Waals surface area contributed by atoms with E-state index in [0.29, 0.717) is 5.13 Å². The molecule has 0 saturated carbocycles. The first-order valence-electron chi connectivity index (χ1n) is 7.10. The number of benzene rings is 1. The Morgan fingerprint density at radius 3 is 2.82 bits per heavy atom. The van der Waals surface area contributed by atoms with E-state index in [1.807, 2.05) is 30.3 Å². The number of rotatable bonds is 3. The third-order valence-corrected chi connectivity index (χ3v) is 4.60. The van der Waals surface area contributed by atoms with Crippen LogP contribution in [0.15, 0.2) is 30.3 Å². The van der Waals surface area contributed by atoms with Crippen molar-refractivity contribution in [2.45, 2.75) is 25.2 Å². The Morgan fingerprint density at radius 2 is 2.09 bits per heavy atom. The van der Waals surface area contributed by atoms with Gasteiger partial charge in [0.05, 0.1) is 11.6 Å². The number of carbonyl (C=O) groups is 1. The molecule has 1 aromatic carbocycles. The van der Waals surface area contributed by atoms with Crippen molar-refractivity contribution in [3.63, 3.8) is 0 Å². The topological polar surface area (TPSA) is 104 Å². The molecule has 22 heavy (non-hydrogen) atoms. The molecule has 1 heterocycles. The summed E-state index contributed by atoms with van der Waals surface area (Å²) in [6, 6.07) is 9.42. The summed E-state index contributed by atoms with van der Waals surface area (Å²) in [7, 11) is 0.